The lowest BCUT2D eigenvalue weighted by Crippen LogP contribution is -2.01. The summed E-state index contributed by atoms with van der Waals surface area (Å²) in [7, 11) is 1.60. The van der Waals surface area contributed by atoms with Crippen LogP contribution in [0, 0.1) is 13.8 Å². The van der Waals surface area contributed by atoms with E-state index in [2.05, 4.69) is 9.97 Å². The number of methoxy groups -OCH3 is 1. The maximum Gasteiger partial charge on any atom is 0.337 e. The van der Waals surface area contributed by atoms with Crippen molar-refractivity contribution in [3.8, 4) is 5.75 Å². The molecule has 0 saturated heterocycles. The normalized spacial score (nSPS) is 11.0. The second kappa shape index (κ2) is 4.70. The van der Waals surface area contributed by atoms with Crippen LogP contribution >= 0.6 is 0 Å². The maximum absolute atomic E-state index is 11.3. The molecule has 0 aliphatic carbocycles. The topological polar surface area (TPSA) is 72.3 Å². The SMILES string of the molecule is COc1c(C)c(C)cc2nc3c(C(=O)O)cccc3nc12. The minimum atomic E-state index is -1.01. The van der Waals surface area contributed by atoms with Crippen LogP contribution in [-0.4, -0.2) is 28.2 Å². The molecule has 0 fully saturated rings. The molecule has 5 heteroatoms. The first kappa shape index (κ1) is 13.3. The molecule has 0 amide bonds. The van der Waals surface area contributed by atoms with E-state index in [1.54, 1.807) is 19.2 Å². The van der Waals surface area contributed by atoms with Crippen molar-refractivity contribution in [1.82, 2.24) is 9.97 Å². The number of carbonyl (C=O) groups is 1. The number of hydrogen-bond acceptors (Lipinski definition) is 4. The van der Waals surface area contributed by atoms with Crippen LogP contribution in [0.1, 0.15) is 21.5 Å². The molecule has 0 bridgehead atoms. The third kappa shape index (κ3) is 1.98. The summed E-state index contributed by atoms with van der Waals surface area (Å²) in [5, 5.41) is 9.26. The Morgan fingerprint density at radius 3 is 2.52 bits per heavy atom. The molecular formula is C16H14N2O3. The van der Waals surface area contributed by atoms with Gasteiger partial charge in [0.25, 0.3) is 0 Å². The Labute approximate surface area is 121 Å². The van der Waals surface area contributed by atoms with Crippen LogP contribution in [0.4, 0.5) is 0 Å². The predicted octanol–water partition coefficient (Wildman–Crippen LogP) is 3.11. The Bertz CT molecular complexity index is 888. The summed E-state index contributed by atoms with van der Waals surface area (Å²) in [6.45, 7) is 3.93. The van der Waals surface area contributed by atoms with Gasteiger partial charge in [0, 0.05) is 0 Å². The number of fused-ring (bicyclic) bond motifs is 2. The lowest BCUT2D eigenvalue weighted by Gasteiger charge is -2.12. The minimum Gasteiger partial charge on any atom is -0.494 e. The largest absolute Gasteiger partial charge is 0.494 e. The van der Waals surface area contributed by atoms with E-state index in [0.29, 0.717) is 27.8 Å². The van der Waals surface area contributed by atoms with Crippen molar-refractivity contribution in [2.45, 2.75) is 13.8 Å². The number of ether oxygens (including phenoxy) is 1. The van der Waals surface area contributed by atoms with Crippen molar-refractivity contribution < 1.29 is 14.6 Å². The molecule has 0 saturated carbocycles. The molecule has 0 spiro atoms. The van der Waals surface area contributed by atoms with Crippen LogP contribution in [0.3, 0.4) is 0 Å². The average Bonchev–Trinajstić information content (AvgIpc) is 2.46. The summed E-state index contributed by atoms with van der Waals surface area (Å²) in [6, 6.07) is 6.85. The van der Waals surface area contributed by atoms with E-state index in [9.17, 15) is 9.90 Å². The number of para-hydroxylation sites is 1. The van der Waals surface area contributed by atoms with Gasteiger partial charge in [0.15, 0.2) is 0 Å². The Hall–Kier alpha value is -2.69. The number of aryl methyl sites for hydroxylation is 1. The van der Waals surface area contributed by atoms with Gasteiger partial charge in [0.1, 0.15) is 16.8 Å². The van der Waals surface area contributed by atoms with E-state index in [4.69, 9.17) is 4.74 Å². The second-order valence-electron chi connectivity index (χ2n) is 4.92. The highest BCUT2D eigenvalue weighted by molar-refractivity contribution is 6.03. The monoisotopic (exact) mass is 282 g/mol. The molecule has 5 nitrogen and oxygen atoms in total. The predicted molar refractivity (Wildman–Crippen MR) is 80.0 cm³/mol. The lowest BCUT2D eigenvalue weighted by atomic mass is 10.1. The van der Waals surface area contributed by atoms with Gasteiger partial charge in [-0.25, -0.2) is 14.8 Å². The summed E-state index contributed by atoms with van der Waals surface area (Å²) in [5.74, 6) is -0.329. The third-order valence-corrected chi connectivity index (χ3v) is 3.66. The van der Waals surface area contributed by atoms with Crippen LogP contribution < -0.4 is 4.74 Å². The molecule has 0 atom stereocenters. The maximum atomic E-state index is 11.3. The molecule has 3 rings (SSSR count). The first-order chi connectivity index (χ1) is 10.0. The standard InChI is InChI=1S/C16H14N2O3/c1-8-7-12-14(15(21-3)9(8)2)17-11-6-4-5-10(16(19)20)13(11)18-12/h4-7H,1-3H3,(H,19,20). The summed E-state index contributed by atoms with van der Waals surface area (Å²) < 4.78 is 5.45. The zero-order valence-corrected chi connectivity index (χ0v) is 12.0. The van der Waals surface area contributed by atoms with Gasteiger partial charge in [-0.2, -0.15) is 0 Å². The molecule has 0 aliphatic rings. The smallest absolute Gasteiger partial charge is 0.337 e. The van der Waals surface area contributed by atoms with E-state index in [1.165, 1.54) is 6.07 Å². The van der Waals surface area contributed by atoms with Crippen molar-refractivity contribution in [1.29, 1.82) is 0 Å². The Balaban J connectivity index is 2.49. The van der Waals surface area contributed by atoms with Crippen LogP contribution in [0.5, 0.6) is 5.75 Å². The summed E-state index contributed by atoms with van der Waals surface area (Å²) in [5.41, 5.74) is 4.41. The quantitative estimate of drug-likeness (QED) is 0.731. The third-order valence-electron chi connectivity index (χ3n) is 3.66. The highest BCUT2D eigenvalue weighted by Crippen LogP contribution is 2.31. The van der Waals surface area contributed by atoms with Crippen LogP contribution in [0.15, 0.2) is 24.3 Å². The van der Waals surface area contributed by atoms with E-state index in [-0.39, 0.29) is 5.56 Å². The Morgan fingerprint density at radius 2 is 1.86 bits per heavy atom. The van der Waals surface area contributed by atoms with Crippen molar-refractivity contribution >= 4 is 28.0 Å². The number of aromatic carboxylic acids is 1. The van der Waals surface area contributed by atoms with Gasteiger partial charge in [-0.15, -0.1) is 0 Å². The molecule has 2 aromatic carbocycles. The van der Waals surface area contributed by atoms with Gasteiger partial charge < -0.3 is 9.84 Å². The number of carboxylic acids is 1. The zero-order chi connectivity index (χ0) is 15.1. The fourth-order valence-corrected chi connectivity index (χ4v) is 2.45. The fraction of sp³-hybridized carbons (Fsp3) is 0.188. The number of hydrogen-bond donors (Lipinski definition) is 1. The highest BCUT2D eigenvalue weighted by atomic mass is 16.5. The van der Waals surface area contributed by atoms with Gasteiger partial charge in [0.05, 0.1) is 23.7 Å². The molecule has 1 heterocycles. The Morgan fingerprint density at radius 1 is 1.14 bits per heavy atom. The van der Waals surface area contributed by atoms with Crippen molar-refractivity contribution in [2.24, 2.45) is 0 Å². The average molecular weight is 282 g/mol. The lowest BCUT2D eigenvalue weighted by molar-refractivity contribution is 0.0699. The van der Waals surface area contributed by atoms with Gasteiger partial charge in [0.2, 0.25) is 0 Å². The van der Waals surface area contributed by atoms with Crippen LogP contribution in [0.2, 0.25) is 0 Å². The molecule has 106 valence electrons. The minimum absolute atomic E-state index is 0.152. The number of aromatic nitrogens is 2. The van der Waals surface area contributed by atoms with E-state index < -0.39 is 5.97 Å². The van der Waals surface area contributed by atoms with Crippen molar-refractivity contribution in [3.05, 3.63) is 41.0 Å². The van der Waals surface area contributed by atoms with Crippen molar-refractivity contribution in [3.63, 3.8) is 0 Å². The van der Waals surface area contributed by atoms with Gasteiger partial charge >= 0.3 is 5.97 Å². The summed E-state index contributed by atoms with van der Waals surface area (Å²) in [6.07, 6.45) is 0. The summed E-state index contributed by atoms with van der Waals surface area (Å²) >= 11 is 0. The van der Waals surface area contributed by atoms with E-state index in [0.717, 1.165) is 11.1 Å². The van der Waals surface area contributed by atoms with Crippen molar-refractivity contribution in [2.75, 3.05) is 7.11 Å². The number of carboxylic acid groups (broad SMARTS) is 1. The van der Waals surface area contributed by atoms with E-state index in [1.807, 2.05) is 19.9 Å². The molecule has 1 N–H and O–H groups in total. The molecule has 1 aromatic heterocycles. The molecule has 0 radical (unpaired) electrons. The van der Waals surface area contributed by atoms with Gasteiger partial charge in [-0.05, 0) is 43.2 Å². The fourth-order valence-electron chi connectivity index (χ4n) is 2.45. The number of rotatable bonds is 2. The van der Waals surface area contributed by atoms with Gasteiger partial charge in [-0.1, -0.05) is 6.07 Å². The first-order valence-corrected chi connectivity index (χ1v) is 6.51. The molecule has 0 unspecified atom stereocenters. The van der Waals surface area contributed by atoms with Crippen LogP contribution in [0.25, 0.3) is 22.1 Å². The highest BCUT2D eigenvalue weighted by Gasteiger charge is 2.15. The van der Waals surface area contributed by atoms with Crippen LogP contribution in [-0.2, 0) is 0 Å². The zero-order valence-electron chi connectivity index (χ0n) is 12.0. The number of benzene rings is 2. The summed E-state index contributed by atoms with van der Waals surface area (Å²) in [4.78, 5) is 20.3. The molecule has 0 aliphatic heterocycles. The first-order valence-electron chi connectivity index (χ1n) is 6.51. The second-order valence-corrected chi connectivity index (χ2v) is 4.92. The molecular weight excluding hydrogens is 268 g/mol. The van der Waals surface area contributed by atoms with Gasteiger partial charge in [-0.3, -0.25) is 0 Å². The Kier molecular flexibility index (Phi) is 2.97. The van der Waals surface area contributed by atoms with E-state index >= 15 is 0 Å². The molecule has 3 aromatic rings. The molecule has 21 heavy (non-hydrogen) atoms. The number of nitrogens with zero attached hydrogens (tertiary/aromatic N) is 2.